The first-order valence-corrected chi connectivity index (χ1v) is 15.4. The number of aromatic nitrogens is 2. The van der Waals surface area contributed by atoms with Crippen molar-refractivity contribution in [3.05, 3.63) is 93.0 Å². The van der Waals surface area contributed by atoms with Gasteiger partial charge in [0.15, 0.2) is 0 Å². The van der Waals surface area contributed by atoms with Gasteiger partial charge < -0.3 is 14.6 Å². The number of carbonyl (C=O) groups excluding carboxylic acids is 2. The van der Waals surface area contributed by atoms with Gasteiger partial charge in [-0.3, -0.25) is 9.69 Å². The van der Waals surface area contributed by atoms with Crippen molar-refractivity contribution in [1.82, 2.24) is 14.5 Å². The highest BCUT2D eigenvalue weighted by Gasteiger charge is 2.44. The number of anilines is 1. The number of benzene rings is 3. The molecular weight excluding hydrogens is 590 g/mol. The smallest absolute Gasteiger partial charge is 0.337 e. The number of hydrogen-bond donors (Lipinski definition) is 1. The molecule has 1 amide bonds. The topological polar surface area (TPSA) is 76.5 Å². The van der Waals surface area contributed by atoms with E-state index in [2.05, 4.69) is 14.8 Å². The molecule has 4 aromatic rings. The van der Waals surface area contributed by atoms with Crippen LogP contribution in [-0.4, -0.2) is 52.6 Å². The van der Waals surface area contributed by atoms with Crippen molar-refractivity contribution < 1.29 is 18.7 Å². The Hall–Kier alpha value is -3.46. The Morgan fingerprint density at radius 1 is 1.12 bits per heavy atom. The summed E-state index contributed by atoms with van der Waals surface area (Å²) in [6, 6.07) is 16.0. The summed E-state index contributed by atoms with van der Waals surface area (Å²) < 4.78 is 23.2. The lowest BCUT2D eigenvalue weighted by Crippen LogP contribution is -2.50. The zero-order valence-electron chi connectivity index (χ0n) is 23.7. The molecule has 7 rings (SSSR count). The highest BCUT2D eigenvalue weighted by molar-refractivity contribution is 6.31. The number of nitrogens with one attached hydrogen (secondary N) is 1. The number of aryl methyl sites for hydroxylation is 1. The molecule has 1 aliphatic carbocycles. The zero-order valence-corrected chi connectivity index (χ0v) is 25.2. The van der Waals surface area contributed by atoms with E-state index in [-0.39, 0.29) is 35.4 Å². The van der Waals surface area contributed by atoms with Gasteiger partial charge in [-0.2, -0.15) is 0 Å². The molecule has 0 radical (unpaired) electrons. The quantitative estimate of drug-likeness (QED) is 0.253. The standard InChI is InChI=1S/C33H31Cl2FN4O3/c1-43-33(42)20-8-10-27-26(14-20)38-32-30-23(22-3-2-4-24(35)31(22)36)13-19-7-9-21(34)15-25(19)37-29(41)17-39(16-18-5-6-18)28(30)11-12-40(27)32/h2-4,7-10,14-15,18,23,28,30H,5-6,11-13,16-17H2,1H3,(H,37,41)/t23-,28-,30-/m0/s1. The van der Waals surface area contributed by atoms with Gasteiger partial charge in [-0.05, 0) is 79.1 Å². The van der Waals surface area contributed by atoms with Crippen molar-refractivity contribution in [2.24, 2.45) is 5.92 Å². The Morgan fingerprint density at radius 3 is 2.74 bits per heavy atom. The van der Waals surface area contributed by atoms with Crippen LogP contribution in [-0.2, 0) is 22.5 Å². The predicted octanol–water partition coefficient (Wildman–Crippen LogP) is 6.82. The van der Waals surface area contributed by atoms with E-state index in [0.717, 1.165) is 42.7 Å². The zero-order chi connectivity index (χ0) is 29.8. The van der Waals surface area contributed by atoms with Gasteiger partial charge >= 0.3 is 5.97 Å². The van der Waals surface area contributed by atoms with Gasteiger partial charge in [0.1, 0.15) is 11.6 Å². The summed E-state index contributed by atoms with van der Waals surface area (Å²) in [5, 5.41) is 3.68. The molecule has 0 unspecified atom stereocenters. The van der Waals surface area contributed by atoms with Gasteiger partial charge in [0.25, 0.3) is 0 Å². The van der Waals surface area contributed by atoms with E-state index >= 15 is 4.39 Å². The lowest BCUT2D eigenvalue weighted by molar-refractivity contribution is -0.118. The van der Waals surface area contributed by atoms with Crippen LogP contribution in [0.2, 0.25) is 10.0 Å². The van der Waals surface area contributed by atoms with Crippen LogP contribution < -0.4 is 5.32 Å². The molecule has 3 atom stereocenters. The van der Waals surface area contributed by atoms with Crippen molar-refractivity contribution >= 4 is 51.8 Å². The normalized spacial score (nSPS) is 22.3. The number of methoxy groups -OCH3 is 1. The second kappa shape index (κ2) is 11.2. The third-order valence-corrected chi connectivity index (χ3v) is 9.69. The summed E-state index contributed by atoms with van der Waals surface area (Å²) in [5.74, 6) is -0.269. The SMILES string of the molecule is COC(=O)c1ccc2c(c1)nc1n2CC[C@H]2[C@@H]1[C@H](c1cccc(Cl)c1F)Cc1ccc(Cl)cc1NC(=O)CN2CC1CC1. The summed E-state index contributed by atoms with van der Waals surface area (Å²) in [6.07, 6.45) is 3.46. The van der Waals surface area contributed by atoms with Crippen molar-refractivity contribution in [3.63, 3.8) is 0 Å². The summed E-state index contributed by atoms with van der Waals surface area (Å²) in [4.78, 5) is 33.3. The Balaban J connectivity index is 1.46. The molecule has 43 heavy (non-hydrogen) atoms. The molecule has 1 N–H and O–H groups in total. The van der Waals surface area contributed by atoms with Crippen LogP contribution in [0.5, 0.6) is 0 Å². The monoisotopic (exact) mass is 620 g/mol. The number of hydrogen-bond acceptors (Lipinski definition) is 5. The lowest BCUT2D eigenvalue weighted by atomic mass is 9.74. The van der Waals surface area contributed by atoms with E-state index in [0.29, 0.717) is 46.2 Å². The second-order valence-corrected chi connectivity index (χ2v) is 12.7. The van der Waals surface area contributed by atoms with Gasteiger partial charge in [0, 0.05) is 41.7 Å². The molecule has 1 fully saturated rings. The second-order valence-electron chi connectivity index (χ2n) is 11.9. The first-order chi connectivity index (χ1) is 20.8. The fourth-order valence-corrected chi connectivity index (χ4v) is 7.35. The third kappa shape index (κ3) is 5.30. The number of amides is 1. The molecule has 0 bridgehead atoms. The van der Waals surface area contributed by atoms with E-state index < -0.39 is 11.8 Å². The number of ether oxygens (including phenoxy) is 1. The maximum Gasteiger partial charge on any atom is 0.337 e. The number of halogens is 3. The average Bonchev–Trinajstić information content (AvgIpc) is 3.74. The summed E-state index contributed by atoms with van der Waals surface area (Å²) in [6.45, 7) is 1.68. The summed E-state index contributed by atoms with van der Waals surface area (Å²) in [7, 11) is 1.36. The molecule has 0 spiro atoms. The molecule has 1 aromatic heterocycles. The van der Waals surface area contributed by atoms with Gasteiger partial charge in [-0.25, -0.2) is 14.2 Å². The minimum atomic E-state index is -0.445. The Kier molecular flexibility index (Phi) is 7.40. The van der Waals surface area contributed by atoms with Crippen molar-refractivity contribution in [1.29, 1.82) is 0 Å². The average molecular weight is 622 g/mol. The molecule has 7 nitrogen and oxygen atoms in total. The third-order valence-electron chi connectivity index (χ3n) is 9.17. The molecule has 3 aromatic carbocycles. The maximum absolute atomic E-state index is 16.0. The van der Waals surface area contributed by atoms with Crippen LogP contribution in [0.15, 0.2) is 54.6 Å². The van der Waals surface area contributed by atoms with Crippen molar-refractivity contribution in [2.75, 3.05) is 25.5 Å². The first-order valence-electron chi connectivity index (χ1n) is 14.7. The van der Waals surface area contributed by atoms with E-state index in [1.165, 1.54) is 7.11 Å². The predicted molar refractivity (Wildman–Crippen MR) is 164 cm³/mol. The maximum atomic E-state index is 16.0. The number of imidazole rings is 1. The van der Waals surface area contributed by atoms with Crippen LogP contribution in [0.3, 0.4) is 0 Å². The van der Waals surface area contributed by atoms with Crippen LogP contribution in [0.25, 0.3) is 11.0 Å². The number of esters is 1. The van der Waals surface area contributed by atoms with Crippen LogP contribution in [0.4, 0.5) is 10.1 Å². The minimum Gasteiger partial charge on any atom is -0.465 e. The van der Waals surface area contributed by atoms with E-state index in [4.69, 9.17) is 32.9 Å². The Labute approximate surface area is 258 Å². The number of rotatable bonds is 4. The van der Waals surface area contributed by atoms with Gasteiger partial charge in [-0.1, -0.05) is 41.4 Å². The van der Waals surface area contributed by atoms with Crippen molar-refractivity contribution in [3.8, 4) is 0 Å². The molecule has 2 aliphatic heterocycles. The molecule has 1 saturated carbocycles. The van der Waals surface area contributed by atoms with Gasteiger partial charge in [0.2, 0.25) is 5.91 Å². The first kappa shape index (κ1) is 28.3. The fourth-order valence-electron chi connectivity index (χ4n) is 6.99. The fraction of sp³-hybridized carbons (Fsp3) is 0.364. The van der Waals surface area contributed by atoms with E-state index in [9.17, 15) is 9.59 Å². The molecular formula is C33H31Cl2FN4O3. The minimum absolute atomic E-state index is 0.0673. The Morgan fingerprint density at radius 2 is 1.95 bits per heavy atom. The van der Waals surface area contributed by atoms with E-state index in [1.807, 2.05) is 18.2 Å². The largest absolute Gasteiger partial charge is 0.465 e. The summed E-state index contributed by atoms with van der Waals surface area (Å²) >= 11 is 12.8. The molecule has 3 aliphatic rings. The van der Waals surface area contributed by atoms with Crippen LogP contribution in [0.1, 0.15) is 58.4 Å². The van der Waals surface area contributed by atoms with Gasteiger partial charge in [0.05, 0.1) is 35.3 Å². The highest BCUT2D eigenvalue weighted by atomic mass is 35.5. The van der Waals surface area contributed by atoms with E-state index in [1.54, 1.807) is 36.4 Å². The number of nitrogens with zero attached hydrogens (tertiary/aromatic N) is 3. The summed E-state index contributed by atoms with van der Waals surface area (Å²) in [5.41, 5.74) is 4.00. The van der Waals surface area contributed by atoms with Crippen LogP contribution in [0, 0.1) is 11.7 Å². The highest BCUT2D eigenvalue weighted by Crippen LogP contribution is 2.47. The molecule has 0 saturated heterocycles. The van der Waals surface area contributed by atoms with Crippen LogP contribution >= 0.6 is 23.2 Å². The molecule has 3 heterocycles. The lowest BCUT2D eigenvalue weighted by Gasteiger charge is -2.44. The van der Waals surface area contributed by atoms with Gasteiger partial charge in [-0.15, -0.1) is 0 Å². The Bertz CT molecular complexity index is 1750. The number of carbonyl (C=O) groups is 2. The number of fused-ring (bicyclic) bond motifs is 6. The molecule has 10 heteroatoms. The molecule has 222 valence electrons. The van der Waals surface area contributed by atoms with Crippen molar-refractivity contribution in [2.45, 2.75) is 50.1 Å².